The van der Waals surface area contributed by atoms with Gasteiger partial charge in [0.2, 0.25) is 0 Å². The molecule has 1 saturated heterocycles. The van der Waals surface area contributed by atoms with Crippen LogP contribution in [0.15, 0.2) is 24.3 Å². The number of alkyl halides is 3. The van der Waals surface area contributed by atoms with Gasteiger partial charge in [0, 0.05) is 5.56 Å². The number of rotatable bonds is 1. The molecule has 0 saturated carbocycles. The Balaban J connectivity index is 2.00. The van der Waals surface area contributed by atoms with Crippen molar-refractivity contribution < 1.29 is 26.0 Å². The number of sulfone groups is 1. The fourth-order valence-corrected chi connectivity index (χ4v) is 5.20. The Morgan fingerprint density at radius 3 is 2.43 bits per heavy atom. The molecule has 0 aromatic heterocycles. The molecule has 2 unspecified atom stereocenters. The molecule has 1 aromatic rings. The Hall–Kier alpha value is -1.37. The second-order valence-electron chi connectivity index (χ2n) is 5.42. The number of fused-ring (bicyclic) bond motifs is 2. The molecular formula is C14H12F4O2S. The molecule has 7 heteroatoms. The van der Waals surface area contributed by atoms with Crippen LogP contribution in [-0.2, 0) is 16.0 Å². The Morgan fingerprint density at radius 1 is 1.14 bits per heavy atom. The summed E-state index contributed by atoms with van der Waals surface area (Å²) < 4.78 is 75.4. The summed E-state index contributed by atoms with van der Waals surface area (Å²) in [6.07, 6.45) is -1.91. The lowest BCUT2D eigenvalue weighted by molar-refractivity contribution is -0.137. The first-order chi connectivity index (χ1) is 9.69. The van der Waals surface area contributed by atoms with Gasteiger partial charge in [0.1, 0.15) is 5.82 Å². The molecule has 2 heterocycles. The summed E-state index contributed by atoms with van der Waals surface area (Å²) in [5.74, 6) is -0.963. The van der Waals surface area contributed by atoms with Crippen LogP contribution >= 0.6 is 0 Å². The van der Waals surface area contributed by atoms with Gasteiger partial charge < -0.3 is 0 Å². The van der Waals surface area contributed by atoms with Crippen LogP contribution in [0, 0.1) is 5.82 Å². The van der Waals surface area contributed by atoms with Crippen LogP contribution in [-0.4, -0.2) is 18.9 Å². The van der Waals surface area contributed by atoms with Gasteiger partial charge in [0.05, 0.1) is 16.1 Å². The molecular weight excluding hydrogens is 308 g/mol. The first-order valence-electron chi connectivity index (χ1n) is 6.50. The first kappa shape index (κ1) is 14.6. The zero-order valence-electron chi connectivity index (χ0n) is 10.8. The van der Waals surface area contributed by atoms with E-state index in [2.05, 4.69) is 0 Å². The minimum atomic E-state index is -4.59. The second-order valence-corrected chi connectivity index (χ2v) is 7.87. The summed E-state index contributed by atoms with van der Waals surface area (Å²) in [4.78, 5) is 0. The van der Waals surface area contributed by atoms with Crippen LogP contribution in [0.5, 0.6) is 0 Å². The highest BCUT2D eigenvalue weighted by Crippen LogP contribution is 2.41. The predicted octanol–water partition coefficient (Wildman–Crippen LogP) is 3.58. The molecule has 2 bridgehead atoms. The molecule has 21 heavy (non-hydrogen) atoms. The standard InChI is InChI=1S/C14H12F4O2S/c15-13-7-9(14(16,17)18)1-4-12(13)8-5-10-2-3-11(6-8)21(10,19)20/h1,4-5,7,10-11H,2-3,6H2. The number of hydrogen-bond donors (Lipinski definition) is 0. The van der Waals surface area contributed by atoms with Gasteiger partial charge in [-0.2, -0.15) is 13.2 Å². The maximum absolute atomic E-state index is 13.9. The van der Waals surface area contributed by atoms with Crippen LogP contribution in [0.1, 0.15) is 30.4 Å². The third kappa shape index (κ3) is 2.37. The van der Waals surface area contributed by atoms with E-state index in [0.29, 0.717) is 24.5 Å². The third-order valence-electron chi connectivity index (χ3n) is 4.14. The van der Waals surface area contributed by atoms with E-state index in [4.69, 9.17) is 0 Å². The quantitative estimate of drug-likeness (QED) is 0.741. The van der Waals surface area contributed by atoms with Gasteiger partial charge in [0.25, 0.3) is 0 Å². The van der Waals surface area contributed by atoms with Gasteiger partial charge in [-0.05, 0) is 37.0 Å². The summed E-state index contributed by atoms with van der Waals surface area (Å²) in [5.41, 5.74) is -0.492. The number of allylic oxidation sites excluding steroid dienone is 1. The highest BCUT2D eigenvalue weighted by Gasteiger charge is 2.43. The van der Waals surface area contributed by atoms with Crippen molar-refractivity contribution in [3.8, 4) is 0 Å². The zero-order valence-corrected chi connectivity index (χ0v) is 11.6. The molecule has 0 N–H and O–H groups in total. The lowest BCUT2D eigenvalue weighted by Gasteiger charge is -2.21. The van der Waals surface area contributed by atoms with E-state index < -0.39 is 37.9 Å². The van der Waals surface area contributed by atoms with Crippen molar-refractivity contribution >= 4 is 15.4 Å². The minimum absolute atomic E-state index is 0.0646. The molecule has 2 aliphatic heterocycles. The van der Waals surface area contributed by atoms with E-state index in [9.17, 15) is 26.0 Å². The maximum Gasteiger partial charge on any atom is 0.416 e. The van der Waals surface area contributed by atoms with Crippen LogP contribution in [0.4, 0.5) is 17.6 Å². The molecule has 3 rings (SSSR count). The molecule has 0 aliphatic carbocycles. The van der Waals surface area contributed by atoms with E-state index in [1.807, 2.05) is 0 Å². The highest BCUT2D eigenvalue weighted by atomic mass is 32.2. The SMILES string of the molecule is O=S1(=O)C2C=C(c3ccc(C(F)(F)F)cc3F)CC1CC2. The summed E-state index contributed by atoms with van der Waals surface area (Å²) in [6.45, 7) is 0. The van der Waals surface area contributed by atoms with Crippen LogP contribution in [0.25, 0.3) is 5.57 Å². The molecule has 2 nitrogen and oxygen atoms in total. The average molecular weight is 320 g/mol. The fourth-order valence-electron chi connectivity index (χ4n) is 3.01. The van der Waals surface area contributed by atoms with Gasteiger partial charge in [-0.25, -0.2) is 12.8 Å². The number of halogens is 4. The van der Waals surface area contributed by atoms with Crippen molar-refractivity contribution in [2.75, 3.05) is 0 Å². The molecule has 2 aliphatic rings. The summed E-state index contributed by atoms with van der Waals surface area (Å²) in [5, 5.41) is -1.17. The van der Waals surface area contributed by atoms with Crippen molar-refractivity contribution in [3.05, 3.63) is 41.2 Å². The van der Waals surface area contributed by atoms with E-state index in [0.717, 1.165) is 12.1 Å². The van der Waals surface area contributed by atoms with Crippen LogP contribution in [0.3, 0.4) is 0 Å². The fraction of sp³-hybridized carbons (Fsp3) is 0.429. The van der Waals surface area contributed by atoms with E-state index in [1.165, 1.54) is 6.08 Å². The van der Waals surface area contributed by atoms with Crippen molar-refractivity contribution in [2.24, 2.45) is 0 Å². The molecule has 114 valence electrons. The first-order valence-corrected chi connectivity index (χ1v) is 8.11. The average Bonchev–Trinajstić information content (AvgIpc) is 2.57. The highest BCUT2D eigenvalue weighted by molar-refractivity contribution is 7.93. The Morgan fingerprint density at radius 2 is 1.86 bits per heavy atom. The molecule has 2 atom stereocenters. The smallest absolute Gasteiger partial charge is 0.228 e. The van der Waals surface area contributed by atoms with Gasteiger partial charge in [-0.1, -0.05) is 12.1 Å². The Labute approximate surface area is 119 Å². The molecule has 0 spiro atoms. The normalized spacial score (nSPS) is 27.5. The maximum atomic E-state index is 13.9. The van der Waals surface area contributed by atoms with Crippen LogP contribution in [0.2, 0.25) is 0 Å². The zero-order chi connectivity index (χ0) is 15.4. The van der Waals surface area contributed by atoms with E-state index in [1.54, 1.807) is 0 Å². The predicted molar refractivity (Wildman–Crippen MR) is 69.7 cm³/mol. The molecule has 1 fully saturated rings. The lowest BCUT2D eigenvalue weighted by atomic mass is 9.98. The summed E-state index contributed by atoms with van der Waals surface area (Å²) in [7, 11) is -3.19. The minimum Gasteiger partial charge on any atom is -0.228 e. The van der Waals surface area contributed by atoms with Crippen LogP contribution < -0.4 is 0 Å². The van der Waals surface area contributed by atoms with Crippen molar-refractivity contribution in [3.63, 3.8) is 0 Å². The second kappa shape index (κ2) is 4.56. The van der Waals surface area contributed by atoms with E-state index in [-0.39, 0.29) is 12.0 Å². The molecule has 1 aromatic carbocycles. The molecule has 0 radical (unpaired) electrons. The summed E-state index contributed by atoms with van der Waals surface area (Å²) in [6, 6.07) is 2.37. The third-order valence-corrected chi connectivity index (χ3v) is 6.68. The largest absolute Gasteiger partial charge is 0.416 e. The van der Waals surface area contributed by atoms with Gasteiger partial charge in [-0.15, -0.1) is 0 Å². The monoisotopic (exact) mass is 320 g/mol. The van der Waals surface area contributed by atoms with Crippen molar-refractivity contribution in [2.45, 2.75) is 35.9 Å². The number of hydrogen-bond acceptors (Lipinski definition) is 2. The van der Waals surface area contributed by atoms with E-state index >= 15 is 0 Å². The Bertz CT molecular complexity index is 719. The molecule has 0 amide bonds. The topological polar surface area (TPSA) is 34.1 Å². The van der Waals surface area contributed by atoms with Crippen molar-refractivity contribution in [1.29, 1.82) is 0 Å². The van der Waals surface area contributed by atoms with Crippen molar-refractivity contribution in [1.82, 2.24) is 0 Å². The Kier molecular flexibility index (Phi) is 3.16. The van der Waals surface area contributed by atoms with Gasteiger partial charge in [0.15, 0.2) is 9.84 Å². The number of benzene rings is 1. The lowest BCUT2D eigenvalue weighted by Crippen LogP contribution is -2.26. The van der Waals surface area contributed by atoms with Gasteiger partial charge >= 0.3 is 6.18 Å². The van der Waals surface area contributed by atoms with Gasteiger partial charge in [-0.3, -0.25) is 0 Å². The summed E-state index contributed by atoms with van der Waals surface area (Å²) >= 11 is 0.